The molecule has 2 aliphatic heterocycles. The van der Waals surface area contributed by atoms with Gasteiger partial charge in [-0.15, -0.1) is 0 Å². The zero-order valence-corrected chi connectivity index (χ0v) is 13.8. The summed E-state index contributed by atoms with van der Waals surface area (Å²) in [5.41, 5.74) is 3.31. The molecule has 0 aromatic heterocycles. The van der Waals surface area contributed by atoms with Crippen molar-refractivity contribution in [1.29, 1.82) is 0 Å². The van der Waals surface area contributed by atoms with Crippen molar-refractivity contribution >= 4 is 29.4 Å². The van der Waals surface area contributed by atoms with E-state index in [1.54, 1.807) is 13.0 Å². The number of urea groups is 1. The van der Waals surface area contributed by atoms with Gasteiger partial charge in [-0.3, -0.25) is 24.7 Å². The lowest BCUT2D eigenvalue weighted by Crippen LogP contribution is -2.47. The van der Waals surface area contributed by atoms with Crippen molar-refractivity contribution in [3.63, 3.8) is 0 Å². The SMILES string of the molecule is Cc1cc(N2CC(C(=O)NN3CC(=O)N(C)C3=O)CC2=O)ccc1F. The number of carbonyl (C=O) groups excluding carboxylic acids is 4. The van der Waals surface area contributed by atoms with Crippen molar-refractivity contribution in [3.05, 3.63) is 29.6 Å². The average Bonchev–Trinajstić information content (AvgIpc) is 3.06. The van der Waals surface area contributed by atoms with E-state index >= 15 is 0 Å². The summed E-state index contributed by atoms with van der Waals surface area (Å²) in [6.07, 6.45) is -0.0198. The fourth-order valence-electron chi connectivity index (χ4n) is 2.84. The molecule has 1 N–H and O–H groups in total. The molecule has 1 aromatic carbocycles. The van der Waals surface area contributed by atoms with Crippen LogP contribution in [0.3, 0.4) is 0 Å². The summed E-state index contributed by atoms with van der Waals surface area (Å²) in [6, 6.07) is 3.69. The van der Waals surface area contributed by atoms with Gasteiger partial charge in [0.2, 0.25) is 11.8 Å². The highest BCUT2D eigenvalue weighted by atomic mass is 19.1. The Hall–Kier alpha value is -2.97. The van der Waals surface area contributed by atoms with Crippen LogP contribution in [0.1, 0.15) is 12.0 Å². The van der Waals surface area contributed by atoms with Crippen LogP contribution >= 0.6 is 0 Å². The summed E-state index contributed by atoms with van der Waals surface area (Å²) in [5, 5.41) is 0.930. The Morgan fingerprint density at radius 3 is 2.56 bits per heavy atom. The second kappa shape index (κ2) is 6.15. The van der Waals surface area contributed by atoms with Crippen molar-refractivity contribution in [2.45, 2.75) is 13.3 Å². The third-order valence-corrected chi connectivity index (χ3v) is 4.38. The number of imide groups is 1. The molecule has 8 nitrogen and oxygen atoms in total. The van der Waals surface area contributed by atoms with Crippen LogP contribution in [0.15, 0.2) is 18.2 Å². The Morgan fingerprint density at radius 1 is 1.24 bits per heavy atom. The number of halogens is 1. The Balaban J connectivity index is 1.68. The number of nitrogens with one attached hydrogen (secondary N) is 1. The van der Waals surface area contributed by atoms with Gasteiger partial charge >= 0.3 is 6.03 Å². The van der Waals surface area contributed by atoms with E-state index in [0.717, 1.165) is 9.91 Å². The molecule has 0 spiro atoms. The number of hydrogen-bond acceptors (Lipinski definition) is 4. The number of amides is 5. The lowest BCUT2D eigenvalue weighted by atomic mass is 10.1. The number of hydrogen-bond donors (Lipinski definition) is 1. The van der Waals surface area contributed by atoms with Gasteiger partial charge in [-0.1, -0.05) is 0 Å². The molecule has 25 heavy (non-hydrogen) atoms. The number of rotatable bonds is 3. The van der Waals surface area contributed by atoms with E-state index in [1.165, 1.54) is 24.1 Å². The maximum Gasteiger partial charge on any atom is 0.345 e. The number of likely N-dealkylation sites (N-methyl/N-ethyl adjacent to an activating group) is 1. The minimum absolute atomic E-state index is 0.0198. The quantitative estimate of drug-likeness (QED) is 0.802. The molecular weight excluding hydrogens is 331 g/mol. The van der Waals surface area contributed by atoms with E-state index < -0.39 is 23.8 Å². The van der Waals surface area contributed by atoms with Crippen molar-refractivity contribution in [1.82, 2.24) is 15.3 Å². The predicted octanol–water partition coefficient (Wildman–Crippen LogP) is 0.412. The molecule has 2 aliphatic rings. The Morgan fingerprint density at radius 2 is 1.96 bits per heavy atom. The van der Waals surface area contributed by atoms with E-state index in [0.29, 0.717) is 11.3 Å². The molecule has 2 fully saturated rings. The number of anilines is 1. The van der Waals surface area contributed by atoms with Gasteiger partial charge in [0.25, 0.3) is 5.91 Å². The topological polar surface area (TPSA) is 90.0 Å². The summed E-state index contributed by atoms with van der Waals surface area (Å²) in [6.45, 7) is 1.49. The third kappa shape index (κ3) is 3.04. The minimum Gasteiger partial charge on any atom is -0.312 e. The van der Waals surface area contributed by atoms with Crippen LogP contribution in [0.2, 0.25) is 0 Å². The highest BCUT2D eigenvalue weighted by molar-refractivity contribution is 6.03. The molecule has 3 rings (SSSR count). The van der Waals surface area contributed by atoms with Gasteiger partial charge in [-0.2, -0.15) is 0 Å². The minimum atomic E-state index is -0.660. The monoisotopic (exact) mass is 348 g/mol. The average molecular weight is 348 g/mol. The van der Waals surface area contributed by atoms with Gasteiger partial charge in [-0.25, -0.2) is 14.2 Å². The molecule has 1 atom stereocenters. The first-order valence-electron chi connectivity index (χ1n) is 7.73. The highest BCUT2D eigenvalue weighted by Gasteiger charge is 2.39. The fraction of sp³-hybridized carbons (Fsp3) is 0.375. The van der Waals surface area contributed by atoms with Gasteiger partial charge in [0.05, 0.1) is 5.92 Å². The molecule has 5 amide bonds. The maximum atomic E-state index is 13.4. The van der Waals surface area contributed by atoms with Gasteiger partial charge in [0, 0.05) is 25.7 Å². The fourth-order valence-corrected chi connectivity index (χ4v) is 2.84. The lowest BCUT2D eigenvalue weighted by Gasteiger charge is -2.19. The van der Waals surface area contributed by atoms with Crippen LogP contribution in [0.25, 0.3) is 0 Å². The molecule has 2 saturated heterocycles. The largest absolute Gasteiger partial charge is 0.345 e. The number of aryl methyl sites for hydroxylation is 1. The number of carbonyl (C=O) groups is 4. The Bertz CT molecular complexity index is 781. The van der Waals surface area contributed by atoms with Crippen molar-refractivity contribution in [2.75, 3.05) is 25.0 Å². The normalized spacial score (nSPS) is 20.7. The first-order chi connectivity index (χ1) is 11.8. The second-order valence-electron chi connectivity index (χ2n) is 6.14. The highest BCUT2D eigenvalue weighted by Crippen LogP contribution is 2.27. The summed E-state index contributed by atoms with van der Waals surface area (Å²) in [5.74, 6) is -2.22. The van der Waals surface area contributed by atoms with Crippen LogP contribution in [0.4, 0.5) is 14.9 Å². The van der Waals surface area contributed by atoms with Crippen molar-refractivity contribution in [2.24, 2.45) is 5.92 Å². The summed E-state index contributed by atoms with van der Waals surface area (Å²) in [4.78, 5) is 50.1. The van der Waals surface area contributed by atoms with Gasteiger partial charge in [-0.05, 0) is 30.7 Å². The smallest absolute Gasteiger partial charge is 0.312 e. The summed E-state index contributed by atoms with van der Waals surface area (Å²) < 4.78 is 13.4. The molecule has 1 unspecified atom stereocenters. The van der Waals surface area contributed by atoms with E-state index in [2.05, 4.69) is 5.43 Å². The predicted molar refractivity (Wildman–Crippen MR) is 84.6 cm³/mol. The molecule has 132 valence electrons. The summed E-state index contributed by atoms with van der Waals surface area (Å²) >= 11 is 0. The number of hydrazine groups is 1. The van der Waals surface area contributed by atoms with Gasteiger partial charge in [0.1, 0.15) is 12.4 Å². The molecule has 0 saturated carbocycles. The molecule has 9 heteroatoms. The molecule has 0 bridgehead atoms. The molecule has 1 aromatic rings. The molecule has 2 heterocycles. The number of nitrogens with zero attached hydrogens (tertiary/aromatic N) is 3. The molecule has 0 aliphatic carbocycles. The van der Waals surface area contributed by atoms with Crippen LogP contribution in [0, 0.1) is 18.7 Å². The van der Waals surface area contributed by atoms with Gasteiger partial charge < -0.3 is 4.90 Å². The van der Waals surface area contributed by atoms with Crippen LogP contribution in [-0.2, 0) is 14.4 Å². The van der Waals surface area contributed by atoms with E-state index in [4.69, 9.17) is 0 Å². The zero-order valence-electron chi connectivity index (χ0n) is 13.8. The van der Waals surface area contributed by atoms with Gasteiger partial charge in [0.15, 0.2) is 0 Å². The Kier molecular flexibility index (Phi) is 4.15. The first-order valence-corrected chi connectivity index (χ1v) is 7.73. The number of benzene rings is 1. The molecular formula is C16H17FN4O4. The lowest BCUT2D eigenvalue weighted by molar-refractivity contribution is -0.129. The van der Waals surface area contributed by atoms with Crippen LogP contribution < -0.4 is 10.3 Å². The maximum absolute atomic E-state index is 13.4. The first kappa shape index (κ1) is 16.9. The third-order valence-electron chi connectivity index (χ3n) is 4.38. The van der Waals surface area contributed by atoms with Crippen molar-refractivity contribution in [3.8, 4) is 0 Å². The van der Waals surface area contributed by atoms with Crippen LogP contribution in [0.5, 0.6) is 0 Å². The van der Waals surface area contributed by atoms with E-state index in [9.17, 15) is 23.6 Å². The van der Waals surface area contributed by atoms with Crippen molar-refractivity contribution < 1.29 is 23.6 Å². The molecule has 0 radical (unpaired) electrons. The van der Waals surface area contributed by atoms with E-state index in [1.807, 2.05) is 0 Å². The second-order valence-corrected chi connectivity index (χ2v) is 6.14. The zero-order chi connectivity index (χ0) is 18.3. The van der Waals surface area contributed by atoms with E-state index in [-0.39, 0.29) is 31.2 Å². The standard InChI is InChI=1S/C16H17FN4O4/c1-9-5-11(3-4-12(9)17)20-7-10(6-13(20)22)15(24)18-21-8-14(23)19(2)16(21)25/h3-5,10H,6-8H2,1-2H3,(H,18,24). The van der Waals surface area contributed by atoms with Crippen LogP contribution in [-0.4, -0.2) is 53.8 Å². The summed E-state index contributed by atoms with van der Waals surface area (Å²) in [7, 11) is 1.33. The Labute approximate surface area is 143 Å².